The number of hydrogen-bond acceptors (Lipinski definition) is 30. The summed E-state index contributed by atoms with van der Waals surface area (Å²) in [5.74, 6) is 1.21. The second kappa shape index (κ2) is 41.2. The SMILES string of the molecule is CC1C/C(=N\OS(C)(=O)=O)c2cc(Cl)ccc2O1.CC1Sc2ccc(Cl)cc2/C1=N/OS(C)(=O)=O.CC1Sc2ccc3ccccc3c2/C1=N/OS(C)(=O)=O.Cc1ccc(S(=O)(=O)O/N=C2/c3c(ccc4ccccc34)SC2C)cc1.Cc1ccc(S(=O)(=O)O/N=C2/c3cc(Cl)ccc3SC2C)cc1.Cc1ccc(S(=O)(=O)O/N=C2/c3ccccc3OC(C)C2C)cc1. The van der Waals surface area contributed by atoms with Gasteiger partial charge in [0.1, 0.15) is 61.2 Å². The molecular weight excluding hydrogens is 1900 g/mol. The molecule has 6 aliphatic heterocycles. The van der Waals surface area contributed by atoms with Crippen LogP contribution in [0.15, 0.2) is 290 Å². The predicted octanol–water partition coefficient (Wildman–Crippen LogP) is 20.2. The van der Waals surface area contributed by atoms with Crippen LogP contribution in [0.5, 0.6) is 11.5 Å². The van der Waals surface area contributed by atoms with Gasteiger partial charge in [-0.3, -0.25) is 25.7 Å². The van der Waals surface area contributed by atoms with Gasteiger partial charge in [0.25, 0.3) is 0 Å². The topological polar surface area (TPSA) is 353 Å². The quantitative estimate of drug-likeness (QED) is 0.0860. The van der Waals surface area contributed by atoms with Crippen molar-refractivity contribution in [2.24, 2.45) is 36.9 Å². The molecule has 17 rings (SSSR count). The summed E-state index contributed by atoms with van der Waals surface area (Å²) >= 11 is 24.3. The Morgan fingerprint density at radius 1 is 0.328 bits per heavy atom. The summed E-state index contributed by atoms with van der Waals surface area (Å²) in [7, 11) is -22.6. The molecule has 0 saturated heterocycles. The van der Waals surface area contributed by atoms with Gasteiger partial charge in [0.2, 0.25) is 0 Å². The van der Waals surface area contributed by atoms with Crippen LogP contribution in [0.25, 0.3) is 21.5 Å². The van der Waals surface area contributed by atoms with Crippen LogP contribution in [0.3, 0.4) is 0 Å². The van der Waals surface area contributed by atoms with Crippen LogP contribution in [0, 0.1) is 26.7 Å². The predicted molar refractivity (Wildman–Crippen MR) is 509 cm³/mol. The van der Waals surface area contributed by atoms with Crippen molar-refractivity contribution in [2.75, 3.05) is 18.8 Å². The van der Waals surface area contributed by atoms with E-state index in [0.29, 0.717) is 72.8 Å². The number of oxime groups is 6. The lowest BCUT2D eigenvalue weighted by Crippen LogP contribution is -2.34. The molecule has 7 unspecified atom stereocenters. The van der Waals surface area contributed by atoms with Crippen molar-refractivity contribution in [2.45, 2.75) is 143 Å². The first-order valence-electron chi connectivity index (χ1n) is 39.0. The maximum Gasteiger partial charge on any atom is 0.358 e. The van der Waals surface area contributed by atoms with Gasteiger partial charge < -0.3 is 9.47 Å². The zero-order valence-electron chi connectivity index (χ0n) is 70.7. The fourth-order valence-electron chi connectivity index (χ4n) is 13.2. The summed E-state index contributed by atoms with van der Waals surface area (Å²) in [4.78, 5) is 4.49. The zero-order valence-corrected chi connectivity index (χ0v) is 81.1. The molecule has 26 nitrogen and oxygen atoms in total. The van der Waals surface area contributed by atoms with Gasteiger partial charge in [-0.1, -0.05) is 199 Å². The minimum absolute atomic E-state index is 0.00307. The first-order valence-corrected chi connectivity index (χ1v) is 53.4. The van der Waals surface area contributed by atoms with Crippen molar-refractivity contribution in [3.05, 3.63) is 290 Å². The third-order valence-corrected chi connectivity index (χ3v) is 29.4. The van der Waals surface area contributed by atoms with Crippen LogP contribution in [0.2, 0.25) is 15.1 Å². The van der Waals surface area contributed by atoms with E-state index >= 15 is 0 Å². The van der Waals surface area contributed by atoms with Crippen molar-refractivity contribution in [1.29, 1.82) is 0 Å². The van der Waals surface area contributed by atoms with Gasteiger partial charge in [-0.05, 0) is 199 Å². The van der Waals surface area contributed by atoms with Crippen molar-refractivity contribution >= 4 is 198 Å². The highest BCUT2D eigenvalue weighted by Gasteiger charge is 2.35. The smallest absolute Gasteiger partial charge is 0.358 e. The molecule has 0 saturated carbocycles. The maximum absolute atomic E-state index is 12.4. The van der Waals surface area contributed by atoms with Crippen molar-refractivity contribution in [3.8, 4) is 11.5 Å². The van der Waals surface area contributed by atoms with Gasteiger partial charge in [0.05, 0.1) is 51.2 Å². The van der Waals surface area contributed by atoms with E-state index in [1.165, 1.54) is 36.4 Å². The number of ether oxygens (including phenoxy) is 2. The molecule has 6 aliphatic rings. The molecule has 11 aromatic carbocycles. The van der Waals surface area contributed by atoms with E-state index in [4.69, 9.17) is 57.1 Å². The van der Waals surface area contributed by atoms with E-state index in [2.05, 4.69) is 62.0 Å². The van der Waals surface area contributed by atoms with Crippen molar-refractivity contribution in [1.82, 2.24) is 0 Å². The lowest BCUT2D eigenvalue weighted by Gasteiger charge is -2.29. The minimum atomic E-state index is -3.95. The highest BCUT2D eigenvalue weighted by atomic mass is 35.5. The summed E-state index contributed by atoms with van der Waals surface area (Å²) in [5, 5.41) is 29.4. The molecule has 672 valence electrons. The Kier molecular flexibility index (Phi) is 31.3. The van der Waals surface area contributed by atoms with Gasteiger partial charge in [-0.15, -0.1) is 47.0 Å². The summed E-state index contributed by atoms with van der Waals surface area (Å²) in [5.41, 5.74) is 11.5. The molecule has 0 aliphatic carbocycles. The number of halogens is 3. The van der Waals surface area contributed by atoms with Gasteiger partial charge in [0, 0.05) is 80.4 Å². The number of para-hydroxylation sites is 1. The summed E-state index contributed by atoms with van der Waals surface area (Å²) in [6.07, 6.45) is 3.14. The third-order valence-electron chi connectivity index (χ3n) is 19.6. The van der Waals surface area contributed by atoms with E-state index in [0.717, 1.165) is 104 Å². The first kappa shape index (κ1) is 97.4. The van der Waals surface area contributed by atoms with Crippen LogP contribution in [0.1, 0.15) is 105 Å². The number of aryl methyl sites for hydroxylation is 3. The van der Waals surface area contributed by atoms with E-state index in [1.807, 2.05) is 160 Å². The third kappa shape index (κ3) is 25.1. The Bertz CT molecular complexity index is 7000. The molecule has 6 heterocycles. The van der Waals surface area contributed by atoms with Gasteiger partial charge in [0.15, 0.2) is 0 Å². The van der Waals surface area contributed by atoms with Gasteiger partial charge in [-0.2, -0.15) is 50.5 Å². The van der Waals surface area contributed by atoms with Crippen LogP contribution in [-0.2, 0) is 86.4 Å². The number of hydrogen-bond donors (Lipinski definition) is 0. The van der Waals surface area contributed by atoms with E-state index in [-0.39, 0.29) is 53.8 Å². The lowest BCUT2D eigenvalue weighted by atomic mass is 9.91. The van der Waals surface area contributed by atoms with Crippen LogP contribution >= 0.6 is 81.9 Å². The van der Waals surface area contributed by atoms with Crippen LogP contribution in [-0.4, -0.2) is 137 Å². The number of fused-ring (bicyclic) bond motifs is 10. The molecule has 0 amide bonds. The normalized spacial score (nSPS) is 20.2. The molecular formula is C89H85Cl3N6O20S10. The zero-order chi connectivity index (χ0) is 92.5. The minimum Gasteiger partial charge on any atom is -0.490 e. The fraction of sp³-hybridized carbons (Fsp3) is 0.236. The lowest BCUT2D eigenvalue weighted by molar-refractivity contribution is 0.179. The van der Waals surface area contributed by atoms with Crippen LogP contribution < -0.4 is 9.47 Å². The Morgan fingerprint density at radius 2 is 0.656 bits per heavy atom. The second-order valence-electron chi connectivity index (χ2n) is 29.8. The highest BCUT2D eigenvalue weighted by Crippen LogP contribution is 2.45. The number of nitrogens with zero attached hydrogens (tertiary/aromatic N) is 6. The highest BCUT2D eigenvalue weighted by molar-refractivity contribution is 8.02. The maximum atomic E-state index is 12.4. The van der Waals surface area contributed by atoms with Gasteiger partial charge in [-0.25, -0.2) is 0 Å². The molecule has 0 fully saturated rings. The van der Waals surface area contributed by atoms with E-state index < -0.39 is 60.7 Å². The molecule has 39 heteroatoms. The molecule has 128 heavy (non-hydrogen) atoms. The summed E-state index contributed by atoms with van der Waals surface area (Å²) in [6, 6.07) is 67.1. The largest absolute Gasteiger partial charge is 0.490 e. The average Bonchev–Trinajstić information content (AvgIpc) is 1.65. The fourth-order valence-corrected chi connectivity index (χ4v) is 21.1. The Hall–Kier alpha value is -9.67. The Balaban J connectivity index is 0.000000140. The molecule has 0 N–H and O–H groups in total. The summed E-state index contributed by atoms with van der Waals surface area (Å²) in [6.45, 7) is 19.3. The average molecular weight is 1990 g/mol. The molecule has 0 spiro atoms. The number of benzene rings is 11. The first-order chi connectivity index (χ1) is 60.4. The molecule has 0 radical (unpaired) electrons. The van der Waals surface area contributed by atoms with Crippen molar-refractivity contribution in [3.63, 3.8) is 0 Å². The Morgan fingerprint density at radius 3 is 1.09 bits per heavy atom. The Labute approximate surface area is 777 Å². The van der Waals surface area contributed by atoms with E-state index in [9.17, 15) is 50.5 Å². The monoisotopic (exact) mass is 1980 g/mol. The standard InChI is InChI=1S/C20H17NO3S2.C18H19NO4S.C16H14ClNO3S2.C14H13NO3S2.C11H12ClNO4S.C10H10ClNO3S2/c1-13-7-10-16(11-8-13)26(22,23)24-21-20-14(2)25-18-12-9-15-5-3-4-6-17(15)19(18)20;1-12-8-10-15(11-9-12)24(20,21)23-19-18-13(2)14(3)22-17-7-5-4-6-16(17)18;1-10-3-6-13(7-4-10)23(19,20)21-18-16-11(2)22-15-8-5-12(17)9-14(15)16;1-9-14(15-18-20(2,16)17)13-11-6-4-3-5-10(11)7-8-12(13)19-9;1-7-5-10(13-17-18(2,14)15)9-6-8(12)3-4-11(9)16-7;1-6-10(12-15-17(2,13)14)8-5-7(11)3-4-9(8)16-6/h3-12,14H,1-2H3;4-11,13-14H,1-3H3;3-9,11H,1-2H3;3-9H,1-2H3;3-4,6-7H,5H2,1-2H3;3-6H,1-2H3/b21-20+;19-18+;18-16+;15-14+;13-10+;12-10+. The molecule has 7 atom stereocenters. The number of rotatable bonds is 15. The molecule has 0 bridgehead atoms. The van der Waals surface area contributed by atoms with Crippen LogP contribution in [0.4, 0.5) is 0 Å². The van der Waals surface area contributed by atoms with Crippen molar-refractivity contribution < 1.29 is 85.7 Å². The van der Waals surface area contributed by atoms with Gasteiger partial charge >= 0.3 is 60.7 Å². The summed E-state index contributed by atoms with van der Waals surface area (Å²) < 4.78 is 180. The second-order valence-corrected chi connectivity index (χ2v) is 45.9. The van der Waals surface area contributed by atoms with E-state index in [1.54, 1.807) is 126 Å². The number of thioether (sulfide) groups is 4. The molecule has 0 aromatic heterocycles. The molecule has 11 aromatic rings.